The number of nitro groups is 1. The van der Waals surface area contributed by atoms with Gasteiger partial charge in [-0.05, 0) is 35.9 Å². The van der Waals surface area contributed by atoms with Crippen LogP contribution in [-0.2, 0) is 5.75 Å². The first-order valence-corrected chi connectivity index (χ1v) is 9.88. The zero-order valence-corrected chi connectivity index (χ0v) is 17.0. The third kappa shape index (κ3) is 3.90. The van der Waals surface area contributed by atoms with E-state index in [-0.39, 0.29) is 5.69 Å². The van der Waals surface area contributed by atoms with Gasteiger partial charge in [-0.3, -0.25) is 10.1 Å². The Bertz CT molecular complexity index is 1210. The number of nitro benzene ring substituents is 1. The molecule has 0 amide bonds. The highest BCUT2D eigenvalue weighted by Gasteiger charge is 2.12. The summed E-state index contributed by atoms with van der Waals surface area (Å²) in [7, 11) is 3.18. The first-order chi connectivity index (χ1) is 14.6. The van der Waals surface area contributed by atoms with Gasteiger partial charge in [-0.25, -0.2) is 0 Å². The van der Waals surface area contributed by atoms with E-state index in [2.05, 4.69) is 15.3 Å². The monoisotopic (exact) mass is 423 g/mol. The van der Waals surface area contributed by atoms with Gasteiger partial charge >= 0.3 is 0 Å². The second-order valence-corrected chi connectivity index (χ2v) is 7.20. The van der Waals surface area contributed by atoms with Gasteiger partial charge in [0.25, 0.3) is 5.69 Å². The Hall–Kier alpha value is -3.66. The molecule has 4 rings (SSSR count). The van der Waals surface area contributed by atoms with E-state index in [9.17, 15) is 10.1 Å². The fraction of sp³-hybridized carbons (Fsp3) is 0.150. The lowest BCUT2D eigenvalue weighted by atomic mass is 10.1. The smallest absolute Gasteiger partial charge is 0.269 e. The molecule has 4 aromatic rings. The van der Waals surface area contributed by atoms with E-state index in [0.717, 1.165) is 16.8 Å². The highest BCUT2D eigenvalue weighted by atomic mass is 32.2. The van der Waals surface area contributed by atoms with Crippen LogP contribution < -0.4 is 9.47 Å². The van der Waals surface area contributed by atoms with Crippen LogP contribution in [0.25, 0.3) is 16.9 Å². The van der Waals surface area contributed by atoms with Gasteiger partial charge in [0.1, 0.15) is 0 Å². The van der Waals surface area contributed by atoms with Crippen LogP contribution in [0.2, 0.25) is 0 Å². The molecule has 0 saturated heterocycles. The van der Waals surface area contributed by atoms with Crippen molar-refractivity contribution in [1.29, 1.82) is 0 Å². The van der Waals surface area contributed by atoms with E-state index in [0.29, 0.717) is 28.1 Å². The molecule has 0 spiro atoms. The standard InChI is InChI=1S/C20H17N5O4S/c1-28-17-9-5-14(11-18(17)29-2)16-8-10-19-21-22-20(24(19)23-16)30-12-13-3-6-15(7-4-13)25(26)27/h3-11H,12H2,1-2H3. The van der Waals surface area contributed by atoms with Crippen molar-refractivity contribution in [2.45, 2.75) is 10.9 Å². The summed E-state index contributed by atoms with van der Waals surface area (Å²) in [5, 5.41) is 24.5. The van der Waals surface area contributed by atoms with Gasteiger partial charge in [0, 0.05) is 23.4 Å². The number of fused-ring (bicyclic) bond motifs is 1. The Morgan fingerprint density at radius 3 is 2.47 bits per heavy atom. The minimum atomic E-state index is -0.414. The highest BCUT2D eigenvalue weighted by molar-refractivity contribution is 7.98. The first kappa shape index (κ1) is 19.6. The Labute approximate surface area is 175 Å². The number of aromatic nitrogens is 4. The Morgan fingerprint density at radius 2 is 1.77 bits per heavy atom. The molecule has 0 aliphatic heterocycles. The van der Waals surface area contributed by atoms with Gasteiger partial charge in [0.05, 0.1) is 24.8 Å². The summed E-state index contributed by atoms with van der Waals surface area (Å²) in [4.78, 5) is 10.4. The van der Waals surface area contributed by atoms with Gasteiger partial charge in [-0.2, -0.15) is 9.61 Å². The molecule has 0 N–H and O–H groups in total. The number of hydrogen-bond acceptors (Lipinski definition) is 8. The van der Waals surface area contributed by atoms with Crippen LogP contribution in [0, 0.1) is 10.1 Å². The molecule has 2 aromatic carbocycles. The predicted octanol–water partition coefficient (Wildman–Crippen LogP) is 4.01. The molecule has 0 aliphatic carbocycles. The summed E-state index contributed by atoms with van der Waals surface area (Å²) in [5.74, 6) is 1.85. The molecule has 0 bridgehead atoms. The van der Waals surface area contributed by atoms with Crippen molar-refractivity contribution in [1.82, 2.24) is 19.8 Å². The van der Waals surface area contributed by atoms with E-state index in [1.807, 2.05) is 30.3 Å². The zero-order chi connectivity index (χ0) is 21.1. The predicted molar refractivity (Wildman–Crippen MR) is 112 cm³/mol. The van der Waals surface area contributed by atoms with Crippen LogP contribution in [0.3, 0.4) is 0 Å². The van der Waals surface area contributed by atoms with Crippen LogP contribution in [0.1, 0.15) is 5.56 Å². The van der Waals surface area contributed by atoms with Gasteiger partial charge < -0.3 is 9.47 Å². The molecule has 0 unspecified atom stereocenters. The van der Waals surface area contributed by atoms with Crippen LogP contribution in [0.4, 0.5) is 5.69 Å². The lowest BCUT2D eigenvalue weighted by Gasteiger charge is -2.09. The van der Waals surface area contributed by atoms with Crippen molar-refractivity contribution in [2.24, 2.45) is 0 Å². The highest BCUT2D eigenvalue weighted by Crippen LogP contribution is 2.32. The van der Waals surface area contributed by atoms with Crippen molar-refractivity contribution >= 4 is 23.1 Å². The first-order valence-electron chi connectivity index (χ1n) is 8.90. The zero-order valence-electron chi connectivity index (χ0n) is 16.2. The molecular weight excluding hydrogens is 406 g/mol. The number of hydrogen-bond donors (Lipinski definition) is 0. The minimum absolute atomic E-state index is 0.0675. The molecule has 0 aliphatic rings. The molecule has 2 heterocycles. The molecule has 152 valence electrons. The van der Waals surface area contributed by atoms with Gasteiger partial charge in [-0.15, -0.1) is 10.2 Å². The lowest BCUT2D eigenvalue weighted by Crippen LogP contribution is -1.97. The number of nitrogens with zero attached hydrogens (tertiary/aromatic N) is 5. The number of methoxy groups -OCH3 is 2. The summed E-state index contributed by atoms with van der Waals surface area (Å²) in [6.45, 7) is 0. The molecule has 0 radical (unpaired) electrons. The van der Waals surface area contributed by atoms with E-state index in [1.54, 1.807) is 30.9 Å². The summed E-state index contributed by atoms with van der Waals surface area (Å²) in [6.07, 6.45) is 0. The summed E-state index contributed by atoms with van der Waals surface area (Å²) in [5.41, 5.74) is 3.25. The van der Waals surface area contributed by atoms with E-state index < -0.39 is 4.92 Å². The minimum Gasteiger partial charge on any atom is -0.493 e. The third-order valence-corrected chi connectivity index (χ3v) is 5.42. The fourth-order valence-electron chi connectivity index (χ4n) is 2.87. The van der Waals surface area contributed by atoms with Gasteiger partial charge in [0.2, 0.25) is 5.16 Å². The fourth-order valence-corrected chi connectivity index (χ4v) is 3.71. The van der Waals surface area contributed by atoms with Crippen molar-refractivity contribution in [3.05, 3.63) is 70.3 Å². The second-order valence-electron chi connectivity index (χ2n) is 6.25. The quantitative estimate of drug-likeness (QED) is 0.249. The van der Waals surface area contributed by atoms with Crippen LogP contribution in [0.15, 0.2) is 59.8 Å². The third-order valence-electron chi connectivity index (χ3n) is 4.43. The lowest BCUT2D eigenvalue weighted by molar-refractivity contribution is -0.384. The van der Waals surface area contributed by atoms with E-state index >= 15 is 0 Å². The van der Waals surface area contributed by atoms with Crippen molar-refractivity contribution in [3.63, 3.8) is 0 Å². The number of benzene rings is 2. The van der Waals surface area contributed by atoms with Crippen LogP contribution in [-0.4, -0.2) is 39.0 Å². The average Bonchev–Trinajstić information content (AvgIpc) is 3.19. The van der Waals surface area contributed by atoms with Crippen LogP contribution in [0.5, 0.6) is 11.5 Å². The molecule has 0 fully saturated rings. The Morgan fingerprint density at radius 1 is 1.00 bits per heavy atom. The molecular formula is C20H17N5O4S. The largest absolute Gasteiger partial charge is 0.493 e. The van der Waals surface area contributed by atoms with E-state index in [4.69, 9.17) is 9.47 Å². The molecule has 30 heavy (non-hydrogen) atoms. The number of rotatable bonds is 7. The van der Waals surface area contributed by atoms with Gasteiger partial charge in [0.15, 0.2) is 17.1 Å². The number of ether oxygens (including phenoxy) is 2. The maximum atomic E-state index is 10.8. The van der Waals surface area contributed by atoms with Crippen molar-refractivity contribution < 1.29 is 14.4 Å². The summed E-state index contributed by atoms with van der Waals surface area (Å²) >= 11 is 1.45. The Balaban J connectivity index is 1.59. The normalized spacial score (nSPS) is 10.9. The number of thioether (sulfide) groups is 1. The second kappa shape index (κ2) is 8.37. The SMILES string of the molecule is COc1ccc(-c2ccc3nnc(SCc4ccc([N+](=O)[O-])cc4)n3n2)cc1OC. The van der Waals surface area contributed by atoms with Crippen molar-refractivity contribution in [3.8, 4) is 22.8 Å². The Kier molecular flexibility index (Phi) is 5.48. The average molecular weight is 423 g/mol. The molecule has 9 nitrogen and oxygen atoms in total. The molecule has 0 atom stereocenters. The van der Waals surface area contributed by atoms with Gasteiger partial charge in [-0.1, -0.05) is 23.9 Å². The molecule has 10 heteroatoms. The molecule has 0 saturated carbocycles. The summed E-state index contributed by atoms with van der Waals surface area (Å²) < 4.78 is 12.3. The molecule has 2 aromatic heterocycles. The number of non-ortho nitro benzene ring substituents is 1. The van der Waals surface area contributed by atoms with Crippen LogP contribution >= 0.6 is 11.8 Å². The maximum absolute atomic E-state index is 10.8. The van der Waals surface area contributed by atoms with Crippen molar-refractivity contribution in [2.75, 3.05) is 14.2 Å². The van der Waals surface area contributed by atoms with E-state index in [1.165, 1.54) is 23.9 Å². The topological polar surface area (TPSA) is 105 Å². The maximum Gasteiger partial charge on any atom is 0.269 e. The summed E-state index contributed by atoms with van der Waals surface area (Å²) in [6, 6.07) is 15.8.